The summed E-state index contributed by atoms with van der Waals surface area (Å²) in [6, 6.07) is 0. The second kappa shape index (κ2) is 6.34. The zero-order valence-electron chi connectivity index (χ0n) is 12.0. The van der Waals surface area contributed by atoms with E-state index in [1.54, 1.807) is 34.6 Å². The highest BCUT2D eigenvalue weighted by Crippen LogP contribution is 2.30. The van der Waals surface area contributed by atoms with E-state index in [0.717, 1.165) is 4.57 Å². The first-order chi connectivity index (χ1) is 9.10. The maximum Gasteiger partial charge on any atom is 0.419 e. The molecule has 0 aliphatic heterocycles. The number of carbonyl (C=O) groups excluding carboxylic acids is 2. The van der Waals surface area contributed by atoms with Crippen LogP contribution in [-0.2, 0) is 9.47 Å². The van der Waals surface area contributed by atoms with Crippen molar-refractivity contribution in [1.29, 1.82) is 0 Å². The number of halogens is 2. The lowest BCUT2D eigenvalue weighted by Gasteiger charge is -2.21. The molecule has 112 valence electrons. The number of esters is 1. The van der Waals surface area contributed by atoms with Crippen LogP contribution in [0.2, 0.25) is 5.02 Å². The molecule has 0 aliphatic carbocycles. The van der Waals surface area contributed by atoms with E-state index >= 15 is 0 Å². The van der Waals surface area contributed by atoms with E-state index in [1.165, 1.54) is 0 Å². The molecular weight excluding hydrogens is 397 g/mol. The lowest BCUT2D eigenvalue weighted by Crippen LogP contribution is -2.30. The van der Waals surface area contributed by atoms with Crippen molar-refractivity contribution < 1.29 is 19.1 Å². The Bertz CT molecular complexity index is 546. The Morgan fingerprint density at radius 2 is 1.90 bits per heavy atom. The van der Waals surface area contributed by atoms with Crippen molar-refractivity contribution in [2.24, 2.45) is 0 Å². The van der Waals surface area contributed by atoms with Crippen molar-refractivity contribution in [1.82, 2.24) is 4.57 Å². The van der Waals surface area contributed by atoms with Gasteiger partial charge < -0.3 is 9.47 Å². The molecule has 7 heteroatoms. The van der Waals surface area contributed by atoms with Gasteiger partial charge in [0.15, 0.2) is 5.69 Å². The fourth-order valence-electron chi connectivity index (χ4n) is 1.54. The lowest BCUT2D eigenvalue weighted by molar-refractivity contribution is 0.0446. The van der Waals surface area contributed by atoms with Gasteiger partial charge >= 0.3 is 12.1 Å². The molecule has 0 unspecified atom stereocenters. The Balaban J connectivity index is 3.34. The first kappa shape index (κ1) is 17.3. The summed E-state index contributed by atoms with van der Waals surface area (Å²) < 4.78 is 11.9. The zero-order chi connectivity index (χ0) is 15.7. The highest BCUT2D eigenvalue weighted by Gasteiger charge is 2.30. The van der Waals surface area contributed by atoms with Gasteiger partial charge in [-0.25, -0.2) is 14.2 Å². The number of hydrogen-bond acceptors (Lipinski definition) is 4. The number of aromatic nitrogens is 1. The van der Waals surface area contributed by atoms with Crippen LogP contribution in [0.15, 0.2) is 0 Å². The van der Waals surface area contributed by atoms with E-state index in [9.17, 15) is 9.59 Å². The molecule has 1 aromatic heterocycles. The zero-order valence-corrected chi connectivity index (χ0v) is 15.0. The summed E-state index contributed by atoms with van der Waals surface area (Å²) >= 11 is 8.03. The Morgan fingerprint density at radius 1 is 1.35 bits per heavy atom. The summed E-state index contributed by atoms with van der Waals surface area (Å²) in [6.45, 7) is 8.81. The molecule has 1 heterocycles. The molecule has 0 atom stereocenters. The first-order valence-corrected chi connectivity index (χ1v) is 7.52. The number of ether oxygens (including phenoxy) is 2. The van der Waals surface area contributed by atoms with Crippen LogP contribution in [0.3, 0.4) is 0 Å². The van der Waals surface area contributed by atoms with Crippen LogP contribution >= 0.6 is 34.2 Å². The fourth-order valence-corrected chi connectivity index (χ4v) is 2.57. The predicted octanol–water partition coefficient (Wildman–Crippen LogP) is 4.01. The highest BCUT2D eigenvalue weighted by molar-refractivity contribution is 14.1. The van der Waals surface area contributed by atoms with E-state index in [4.69, 9.17) is 21.1 Å². The van der Waals surface area contributed by atoms with Crippen LogP contribution in [0.5, 0.6) is 0 Å². The summed E-state index contributed by atoms with van der Waals surface area (Å²) in [5, 5.41) is 0.347. The molecule has 0 N–H and O–H groups in total. The fraction of sp³-hybridized carbons (Fsp3) is 0.538. The molecule has 1 rings (SSSR count). The van der Waals surface area contributed by atoms with Crippen LogP contribution in [0.25, 0.3) is 0 Å². The smallest absolute Gasteiger partial charge is 0.419 e. The monoisotopic (exact) mass is 413 g/mol. The van der Waals surface area contributed by atoms with E-state index in [-0.39, 0.29) is 12.3 Å². The average Bonchev–Trinajstić information content (AvgIpc) is 2.51. The molecule has 20 heavy (non-hydrogen) atoms. The maximum atomic E-state index is 12.2. The second-order valence-electron chi connectivity index (χ2n) is 5.10. The van der Waals surface area contributed by atoms with E-state index in [2.05, 4.69) is 0 Å². The summed E-state index contributed by atoms with van der Waals surface area (Å²) in [5.74, 6) is -0.599. The third-order valence-corrected chi connectivity index (χ3v) is 4.15. The molecule has 0 aliphatic rings. The Hall–Kier alpha value is -0.760. The minimum absolute atomic E-state index is 0.101. The highest BCUT2D eigenvalue weighted by atomic mass is 127. The number of rotatable bonds is 2. The minimum Gasteiger partial charge on any atom is -0.461 e. The molecule has 0 saturated carbocycles. The standard InChI is InChI=1S/C13H17ClINO4/c1-6-19-11(17)10-9(15)8(14)7(2)16(10)12(18)20-13(3,4)5/h6H2,1-5H3. The number of hydrogen-bond donors (Lipinski definition) is 0. The van der Waals surface area contributed by atoms with Gasteiger partial charge in [0, 0.05) is 5.69 Å². The molecule has 0 radical (unpaired) electrons. The van der Waals surface area contributed by atoms with Gasteiger partial charge in [-0.1, -0.05) is 11.6 Å². The van der Waals surface area contributed by atoms with E-state index in [0.29, 0.717) is 14.3 Å². The summed E-state index contributed by atoms with van der Waals surface area (Å²) in [5.41, 5.74) is -0.116. The van der Waals surface area contributed by atoms with Crippen molar-refractivity contribution in [3.63, 3.8) is 0 Å². The van der Waals surface area contributed by atoms with Gasteiger partial charge in [0.05, 0.1) is 15.2 Å². The quantitative estimate of drug-likeness (QED) is 0.543. The third kappa shape index (κ3) is 3.66. The number of nitrogens with zero attached hydrogens (tertiary/aromatic N) is 1. The van der Waals surface area contributed by atoms with Crippen molar-refractivity contribution >= 4 is 46.3 Å². The van der Waals surface area contributed by atoms with E-state index in [1.807, 2.05) is 22.6 Å². The van der Waals surface area contributed by atoms with Crippen molar-refractivity contribution in [2.45, 2.75) is 40.2 Å². The summed E-state index contributed by atoms with van der Waals surface area (Å²) in [6.07, 6.45) is -0.650. The van der Waals surface area contributed by atoms with Crippen LogP contribution < -0.4 is 0 Å². The lowest BCUT2D eigenvalue weighted by atomic mass is 10.2. The maximum absolute atomic E-state index is 12.2. The van der Waals surface area contributed by atoms with Gasteiger partial charge in [-0.05, 0) is 57.2 Å². The molecule has 5 nitrogen and oxygen atoms in total. The third-order valence-electron chi connectivity index (χ3n) is 2.32. The predicted molar refractivity (Wildman–Crippen MR) is 84.5 cm³/mol. The van der Waals surface area contributed by atoms with Crippen LogP contribution in [0.1, 0.15) is 43.9 Å². The molecule has 0 spiro atoms. The number of carbonyl (C=O) groups is 2. The van der Waals surface area contributed by atoms with Gasteiger partial charge in [0.25, 0.3) is 0 Å². The minimum atomic E-state index is -0.669. The molecule has 0 bridgehead atoms. The average molecular weight is 414 g/mol. The van der Waals surface area contributed by atoms with Crippen molar-refractivity contribution in [3.8, 4) is 0 Å². The molecule has 0 fully saturated rings. The summed E-state index contributed by atoms with van der Waals surface area (Å²) in [4.78, 5) is 24.3. The largest absolute Gasteiger partial charge is 0.461 e. The molecular formula is C13H17ClINO4. The Labute approximate surface area is 136 Å². The topological polar surface area (TPSA) is 57.5 Å². The molecule has 0 aromatic carbocycles. The van der Waals surface area contributed by atoms with Crippen LogP contribution in [0.4, 0.5) is 4.79 Å². The van der Waals surface area contributed by atoms with Crippen LogP contribution in [0, 0.1) is 10.5 Å². The van der Waals surface area contributed by atoms with Crippen LogP contribution in [-0.4, -0.2) is 28.8 Å². The van der Waals surface area contributed by atoms with Crippen molar-refractivity contribution in [3.05, 3.63) is 20.0 Å². The Morgan fingerprint density at radius 3 is 2.35 bits per heavy atom. The normalized spacial score (nSPS) is 11.3. The van der Waals surface area contributed by atoms with E-state index < -0.39 is 17.7 Å². The first-order valence-electron chi connectivity index (χ1n) is 6.07. The van der Waals surface area contributed by atoms with Gasteiger partial charge in [0.1, 0.15) is 5.60 Å². The van der Waals surface area contributed by atoms with Gasteiger partial charge in [0.2, 0.25) is 0 Å². The molecule has 0 saturated heterocycles. The molecule has 0 amide bonds. The van der Waals surface area contributed by atoms with Crippen molar-refractivity contribution in [2.75, 3.05) is 6.61 Å². The van der Waals surface area contributed by atoms with Gasteiger partial charge in [-0.3, -0.25) is 0 Å². The van der Waals surface area contributed by atoms with Gasteiger partial charge in [-0.2, -0.15) is 0 Å². The second-order valence-corrected chi connectivity index (χ2v) is 6.55. The SMILES string of the molecule is CCOC(=O)c1c(I)c(Cl)c(C)n1C(=O)OC(C)(C)C. The van der Waals surface area contributed by atoms with Gasteiger partial charge in [-0.15, -0.1) is 0 Å². The Kier molecular flexibility index (Phi) is 5.48. The molecule has 1 aromatic rings. The summed E-state index contributed by atoms with van der Waals surface area (Å²) in [7, 11) is 0.